The molecular weight excluding hydrogens is 1180 g/mol. The van der Waals surface area contributed by atoms with Crippen LogP contribution in [-0.4, -0.2) is 49.3 Å². The lowest BCUT2D eigenvalue weighted by molar-refractivity contribution is -0.161. The molecule has 9 nitrogen and oxygen atoms in total. The van der Waals surface area contributed by atoms with E-state index < -0.39 is 26.5 Å². The number of allylic oxidation sites excluding steroid dienone is 22. The summed E-state index contributed by atoms with van der Waals surface area (Å²) in [6, 6.07) is 0. The number of hydrogen-bond acceptors (Lipinski definition) is 8. The minimum atomic E-state index is -4.41. The number of rotatable bonds is 73. The van der Waals surface area contributed by atoms with Crippen molar-refractivity contribution in [1.82, 2.24) is 0 Å². The van der Waals surface area contributed by atoms with Crippen LogP contribution in [0.3, 0.4) is 0 Å². The van der Waals surface area contributed by atoms with E-state index in [1.165, 1.54) is 212 Å². The Morgan fingerprint density at radius 1 is 0.330 bits per heavy atom. The van der Waals surface area contributed by atoms with Crippen molar-refractivity contribution in [3.05, 3.63) is 134 Å². The highest BCUT2D eigenvalue weighted by atomic mass is 31.2. The predicted octanol–water partition coefficient (Wildman–Crippen LogP) is 26.4. The predicted molar refractivity (Wildman–Crippen MR) is 408 cm³/mol. The van der Waals surface area contributed by atoms with Crippen LogP contribution in [0.5, 0.6) is 0 Å². The molecule has 0 aromatic rings. The third kappa shape index (κ3) is 77.2. The van der Waals surface area contributed by atoms with E-state index in [-0.39, 0.29) is 38.6 Å². The van der Waals surface area contributed by atoms with Crippen LogP contribution in [0.1, 0.15) is 354 Å². The number of phosphoric acid groups is 1. The van der Waals surface area contributed by atoms with E-state index >= 15 is 0 Å². The van der Waals surface area contributed by atoms with Crippen LogP contribution in [0.4, 0.5) is 0 Å². The molecule has 0 heterocycles. The van der Waals surface area contributed by atoms with E-state index in [1.54, 1.807) is 0 Å². The molecule has 10 heteroatoms. The maximum atomic E-state index is 12.8. The second kappa shape index (κ2) is 78.1. The van der Waals surface area contributed by atoms with Crippen molar-refractivity contribution < 1.29 is 37.6 Å². The standard InChI is InChI=1S/C84H146NO8P/c1-3-5-7-9-11-13-15-17-19-21-23-25-27-29-31-33-35-37-39-41-43-45-47-49-51-53-55-57-59-61-63-65-67-69-71-73-75-77-84(87)93-82(81-92-94(88,89)91-79-78-85)80-90-83(86)76-74-72-70-68-66-64-62-60-58-56-54-52-50-48-46-44-42-40-38-36-34-32-30-28-26-24-22-20-18-16-14-12-10-8-6-4-2/h5,7,11,13,17,19,23,25,29,31,35,37,41,43,47,49,53,55,59,61,65,67,82H,3-4,6,8-10,12,14-16,18,20-22,24,26-28,30,32-34,36,38-40,42,44-46,48,50-52,54,56-58,60,62-64,66,68-81,85H2,1-2H3,(H,88,89)/b7-5-,13-11-,19-17-,25-23-,31-29-,37-35-,43-41-,49-47-,55-53-,61-59-,67-65-. The van der Waals surface area contributed by atoms with Gasteiger partial charge in [-0.3, -0.25) is 18.6 Å². The Hall–Kier alpha value is -3.85. The molecule has 0 aromatic heterocycles. The fourth-order valence-electron chi connectivity index (χ4n) is 11.1. The first-order chi connectivity index (χ1) is 46.3. The monoisotopic (exact) mass is 1330 g/mol. The summed E-state index contributed by atoms with van der Waals surface area (Å²) in [5, 5.41) is 0. The Morgan fingerprint density at radius 2 is 0.585 bits per heavy atom. The zero-order valence-electron chi connectivity index (χ0n) is 60.9. The third-order valence-corrected chi connectivity index (χ3v) is 17.8. The average molecular weight is 1330 g/mol. The van der Waals surface area contributed by atoms with Gasteiger partial charge in [0.25, 0.3) is 0 Å². The van der Waals surface area contributed by atoms with Gasteiger partial charge in [0.1, 0.15) is 6.61 Å². The highest BCUT2D eigenvalue weighted by Gasteiger charge is 2.26. The average Bonchev–Trinajstić information content (AvgIpc) is 3.18. The summed E-state index contributed by atoms with van der Waals surface area (Å²) in [7, 11) is -4.41. The van der Waals surface area contributed by atoms with Gasteiger partial charge >= 0.3 is 19.8 Å². The molecule has 2 unspecified atom stereocenters. The molecule has 0 radical (unpaired) electrons. The van der Waals surface area contributed by atoms with Gasteiger partial charge in [-0.05, 0) is 96.3 Å². The molecule has 2 atom stereocenters. The zero-order chi connectivity index (χ0) is 67.9. The molecule has 0 rings (SSSR count). The summed E-state index contributed by atoms with van der Waals surface area (Å²) in [5.41, 5.74) is 5.41. The van der Waals surface area contributed by atoms with Crippen molar-refractivity contribution in [2.24, 2.45) is 5.73 Å². The van der Waals surface area contributed by atoms with E-state index in [0.29, 0.717) is 6.42 Å². The molecule has 0 saturated carbocycles. The highest BCUT2D eigenvalue weighted by molar-refractivity contribution is 7.47. The highest BCUT2D eigenvalue weighted by Crippen LogP contribution is 2.43. The second-order valence-electron chi connectivity index (χ2n) is 25.9. The zero-order valence-corrected chi connectivity index (χ0v) is 61.8. The van der Waals surface area contributed by atoms with Gasteiger partial charge < -0.3 is 20.1 Å². The van der Waals surface area contributed by atoms with Gasteiger partial charge in [0.2, 0.25) is 0 Å². The molecule has 0 spiro atoms. The van der Waals surface area contributed by atoms with Crippen LogP contribution in [0.2, 0.25) is 0 Å². The maximum Gasteiger partial charge on any atom is 0.472 e. The topological polar surface area (TPSA) is 134 Å². The molecule has 94 heavy (non-hydrogen) atoms. The van der Waals surface area contributed by atoms with Crippen molar-refractivity contribution in [2.45, 2.75) is 360 Å². The molecule has 0 amide bonds. The lowest BCUT2D eigenvalue weighted by Gasteiger charge is -2.19. The number of esters is 2. The summed E-state index contributed by atoms with van der Waals surface area (Å²) >= 11 is 0. The van der Waals surface area contributed by atoms with Crippen LogP contribution >= 0.6 is 7.82 Å². The first kappa shape index (κ1) is 90.2. The number of carbonyl (C=O) groups excluding carboxylic acids is 2. The fourth-order valence-corrected chi connectivity index (χ4v) is 11.8. The first-order valence-corrected chi connectivity index (χ1v) is 40.7. The van der Waals surface area contributed by atoms with E-state index in [1.807, 2.05) is 0 Å². The lowest BCUT2D eigenvalue weighted by Crippen LogP contribution is -2.29. The quantitative estimate of drug-likeness (QED) is 0.0264. The molecule has 0 aliphatic rings. The van der Waals surface area contributed by atoms with Gasteiger partial charge in [0.05, 0.1) is 13.2 Å². The summed E-state index contributed by atoms with van der Waals surface area (Å²) in [4.78, 5) is 35.4. The molecule has 0 aliphatic heterocycles. The SMILES string of the molecule is CC/C=C\C/C=C\C/C=C\C/C=C\C/C=C\C/C=C\C/C=C\C/C=C\C/C=C\C/C=C\C/C=C\CCCCCC(=O)OC(COC(=O)CCCCCCCCCCCCCCCCCCCCCCCCCCCCCCCCCCCCCC)COP(=O)(O)OCCN. The summed E-state index contributed by atoms with van der Waals surface area (Å²) in [5.74, 6) is -0.861. The van der Waals surface area contributed by atoms with Crippen molar-refractivity contribution in [3.8, 4) is 0 Å². The fraction of sp³-hybridized carbons (Fsp3) is 0.714. The molecule has 0 saturated heterocycles. The summed E-state index contributed by atoms with van der Waals surface area (Å²) in [6.45, 7) is 3.63. The van der Waals surface area contributed by atoms with Gasteiger partial charge in [-0.2, -0.15) is 0 Å². The molecule has 0 aromatic carbocycles. The van der Waals surface area contributed by atoms with E-state index in [2.05, 4.69) is 148 Å². The normalized spacial score (nSPS) is 13.6. The van der Waals surface area contributed by atoms with Gasteiger partial charge in [-0.1, -0.05) is 379 Å². The van der Waals surface area contributed by atoms with Crippen LogP contribution in [-0.2, 0) is 32.7 Å². The lowest BCUT2D eigenvalue weighted by atomic mass is 10.0. The minimum absolute atomic E-state index is 0.0424. The number of carbonyl (C=O) groups is 2. The third-order valence-electron chi connectivity index (χ3n) is 16.8. The van der Waals surface area contributed by atoms with Crippen molar-refractivity contribution in [1.29, 1.82) is 0 Å². The van der Waals surface area contributed by atoms with Gasteiger partial charge in [0, 0.05) is 19.4 Å². The Bertz CT molecular complexity index is 2010. The van der Waals surface area contributed by atoms with E-state index in [0.717, 1.165) is 109 Å². The Labute approximate surface area is 580 Å². The Kier molecular flexibility index (Phi) is 74.9. The number of unbranched alkanes of at least 4 members (excludes halogenated alkanes) is 38. The molecular formula is C84H146NO8P. The van der Waals surface area contributed by atoms with Crippen LogP contribution in [0.25, 0.3) is 0 Å². The number of nitrogens with two attached hydrogens (primary N) is 1. The summed E-state index contributed by atoms with van der Waals surface area (Å²) < 4.78 is 33.2. The number of hydrogen-bond donors (Lipinski definition) is 2. The molecule has 0 fully saturated rings. The van der Waals surface area contributed by atoms with Gasteiger partial charge in [-0.15, -0.1) is 0 Å². The van der Waals surface area contributed by atoms with E-state index in [4.69, 9.17) is 24.3 Å². The van der Waals surface area contributed by atoms with Crippen molar-refractivity contribution in [2.75, 3.05) is 26.4 Å². The number of phosphoric ester groups is 1. The second-order valence-corrected chi connectivity index (χ2v) is 27.3. The molecule has 0 bridgehead atoms. The van der Waals surface area contributed by atoms with E-state index in [9.17, 15) is 19.0 Å². The molecule has 0 aliphatic carbocycles. The maximum absolute atomic E-state index is 12.8. The largest absolute Gasteiger partial charge is 0.472 e. The van der Waals surface area contributed by atoms with Gasteiger partial charge in [0.15, 0.2) is 6.10 Å². The summed E-state index contributed by atoms with van der Waals surface area (Å²) in [6.07, 6.45) is 112. The van der Waals surface area contributed by atoms with Crippen LogP contribution in [0.15, 0.2) is 134 Å². The van der Waals surface area contributed by atoms with Crippen LogP contribution in [0, 0.1) is 0 Å². The molecule has 3 N–H and O–H groups in total. The molecule has 540 valence electrons. The smallest absolute Gasteiger partial charge is 0.462 e. The van der Waals surface area contributed by atoms with Crippen LogP contribution < -0.4 is 5.73 Å². The van der Waals surface area contributed by atoms with Gasteiger partial charge in [-0.25, -0.2) is 4.57 Å². The van der Waals surface area contributed by atoms with Crippen molar-refractivity contribution in [3.63, 3.8) is 0 Å². The van der Waals surface area contributed by atoms with Crippen molar-refractivity contribution >= 4 is 19.8 Å². The Morgan fingerprint density at radius 3 is 0.872 bits per heavy atom. The minimum Gasteiger partial charge on any atom is -0.462 e. The first-order valence-electron chi connectivity index (χ1n) is 39.2. The number of ether oxygens (including phenoxy) is 2. The Balaban J connectivity index is 3.92.